The molecule has 9 heteroatoms. The summed E-state index contributed by atoms with van der Waals surface area (Å²) in [4.78, 5) is 31.9. The van der Waals surface area contributed by atoms with Gasteiger partial charge in [0.2, 0.25) is 0 Å². The van der Waals surface area contributed by atoms with Crippen LogP contribution in [-0.2, 0) is 7.05 Å². The number of carbonyl (C=O) groups excluding carboxylic acids is 1. The number of hydrogen-bond donors (Lipinski definition) is 1. The van der Waals surface area contributed by atoms with Gasteiger partial charge in [-0.3, -0.25) is 9.13 Å². The molecule has 0 bridgehead atoms. The van der Waals surface area contributed by atoms with E-state index in [1.807, 2.05) is 12.1 Å². The van der Waals surface area contributed by atoms with Gasteiger partial charge in [0.25, 0.3) is 0 Å². The van der Waals surface area contributed by atoms with Crippen molar-refractivity contribution in [2.45, 2.75) is 18.9 Å². The molecule has 1 N–H and O–H groups in total. The predicted octanol–water partition coefficient (Wildman–Crippen LogP) is 2.38. The third-order valence-electron chi connectivity index (χ3n) is 5.69. The van der Waals surface area contributed by atoms with Crippen molar-refractivity contribution in [3.8, 4) is 11.5 Å². The second kappa shape index (κ2) is 7.40. The number of pyridine rings is 1. The van der Waals surface area contributed by atoms with Crippen LogP contribution >= 0.6 is 0 Å². The Hall–Kier alpha value is -3.49. The number of nitrogens with one attached hydrogen (secondary N) is 1. The van der Waals surface area contributed by atoms with Crippen molar-refractivity contribution in [1.29, 1.82) is 0 Å². The summed E-state index contributed by atoms with van der Waals surface area (Å²) in [6.45, 7) is 2.11. The van der Waals surface area contributed by atoms with Gasteiger partial charge in [0, 0.05) is 38.1 Å². The van der Waals surface area contributed by atoms with Gasteiger partial charge in [-0.25, -0.2) is 14.6 Å². The number of aromatic nitrogens is 3. The van der Waals surface area contributed by atoms with E-state index < -0.39 is 0 Å². The molecule has 4 heterocycles. The number of likely N-dealkylation sites (tertiary alicyclic amines) is 1. The fraction of sp³-hybridized carbons (Fsp3) is 0.381. The highest BCUT2D eigenvalue weighted by Crippen LogP contribution is 2.33. The highest BCUT2D eigenvalue weighted by Gasteiger charge is 2.28. The van der Waals surface area contributed by atoms with Gasteiger partial charge in [0.1, 0.15) is 13.2 Å². The van der Waals surface area contributed by atoms with Crippen LogP contribution in [0.15, 0.2) is 41.3 Å². The maximum atomic E-state index is 12.9. The summed E-state index contributed by atoms with van der Waals surface area (Å²) >= 11 is 0. The van der Waals surface area contributed by atoms with Crippen LogP contribution in [0, 0.1) is 0 Å². The second-order valence-electron chi connectivity index (χ2n) is 7.59. The SMILES string of the molecule is Cn1c(=O)n([C@H]2CCCN(C(=O)Nc3ccc4c(c3)OCCO4)C2)c2ncccc21. The van der Waals surface area contributed by atoms with Gasteiger partial charge in [0.15, 0.2) is 17.1 Å². The number of benzene rings is 1. The molecule has 1 saturated heterocycles. The van der Waals surface area contributed by atoms with Crippen LogP contribution < -0.4 is 20.5 Å². The molecule has 2 aliphatic rings. The number of fused-ring (bicyclic) bond motifs is 2. The van der Waals surface area contributed by atoms with Crippen molar-refractivity contribution in [1.82, 2.24) is 19.0 Å². The van der Waals surface area contributed by atoms with E-state index >= 15 is 0 Å². The highest BCUT2D eigenvalue weighted by molar-refractivity contribution is 5.89. The molecule has 0 spiro atoms. The quantitative estimate of drug-likeness (QED) is 0.702. The molecule has 2 aliphatic heterocycles. The lowest BCUT2D eigenvalue weighted by Crippen LogP contribution is -2.44. The lowest BCUT2D eigenvalue weighted by molar-refractivity contribution is 0.171. The number of aryl methyl sites for hydroxylation is 1. The summed E-state index contributed by atoms with van der Waals surface area (Å²) in [7, 11) is 1.75. The number of imidazole rings is 1. The average Bonchev–Trinajstić information content (AvgIpc) is 3.04. The number of urea groups is 1. The third-order valence-corrected chi connectivity index (χ3v) is 5.69. The molecule has 3 aromatic rings. The summed E-state index contributed by atoms with van der Waals surface area (Å²) in [6, 6.07) is 8.76. The minimum Gasteiger partial charge on any atom is -0.486 e. The number of anilines is 1. The zero-order valence-electron chi connectivity index (χ0n) is 16.7. The molecule has 156 valence electrons. The number of hydrogen-bond acceptors (Lipinski definition) is 5. The Kier molecular flexibility index (Phi) is 4.57. The zero-order valence-corrected chi connectivity index (χ0v) is 16.7. The summed E-state index contributed by atoms with van der Waals surface area (Å²) in [6.07, 6.45) is 3.33. The van der Waals surface area contributed by atoms with E-state index in [0.29, 0.717) is 49.1 Å². The van der Waals surface area contributed by atoms with E-state index in [2.05, 4.69) is 10.3 Å². The van der Waals surface area contributed by atoms with Crippen LogP contribution in [0.5, 0.6) is 11.5 Å². The lowest BCUT2D eigenvalue weighted by Gasteiger charge is -2.33. The summed E-state index contributed by atoms with van der Waals surface area (Å²) < 4.78 is 14.4. The molecule has 0 aliphatic carbocycles. The van der Waals surface area contributed by atoms with Gasteiger partial charge in [-0.15, -0.1) is 0 Å². The van der Waals surface area contributed by atoms with Crippen molar-refractivity contribution in [3.63, 3.8) is 0 Å². The Labute approximate surface area is 172 Å². The number of nitrogens with zero attached hydrogens (tertiary/aromatic N) is 4. The molecule has 30 heavy (non-hydrogen) atoms. The van der Waals surface area contributed by atoms with Gasteiger partial charge < -0.3 is 19.7 Å². The van der Waals surface area contributed by atoms with E-state index in [9.17, 15) is 9.59 Å². The highest BCUT2D eigenvalue weighted by atomic mass is 16.6. The third kappa shape index (κ3) is 3.16. The molecule has 1 atom stereocenters. The molecule has 2 amide bonds. The minimum absolute atomic E-state index is 0.109. The number of amides is 2. The smallest absolute Gasteiger partial charge is 0.330 e. The van der Waals surface area contributed by atoms with Gasteiger partial charge in [0.05, 0.1) is 11.6 Å². The molecule has 0 saturated carbocycles. The number of rotatable bonds is 2. The first-order chi connectivity index (χ1) is 14.6. The molecular formula is C21H23N5O4. The van der Waals surface area contributed by atoms with Gasteiger partial charge in [-0.05, 0) is 37.1 Å². The van der Waals surface area contributed by atoms with Crippen LogP contribution in [0.1, 0.15) is 18.9 Å². The Morgan fingerprint density at radius 2 is 2.03 bits per heavy atom. The van der Waals surface area contributed by atoms with Crippen molar-refractivity contribution in [3.05, 3.63) is 47.0 Å². The van der Waals surface area contributed by atoms with Crippen molar-refractivity contribution in [2.75, 3.05) is 31.6 Å². The average molecular weight is 409 g/mol. The molecule has 0 unspecified atom stereocenters. The normalized spacial score (nSPS) is 18.4. The molecular weight excluding hydrogens is 386 g/mol. The maximum Gasteiger partial charge on any atom is 0.330 e. The first-order valence-electron chi connectivity index (χ1n) is 10.1. The Bertz CT molecular complexity index is 1170. The second-order valence-corrected chi connectivity index (χ2v) is 7.59. The molecule has 9 nitrogen and oxygen atoms in total. The van der Waals surface area contributed by atoms with Crippen LogP contribution in [-0.4, -0.2) is 51.4 Å². The monoisotopic (exact) mass is 409 g/mol. The fourth-order valence-electron chi connectivity index (χ4n) is 4.19. The van der Waals surface area contributed by atoms with Crippen LogP contribution in [0.4, 0.5) is 10.5 Å². The number of carbonyl (C=O) groups is 1. The summed E-state index contributed by atoms with van der Waals surface area (Å²) in [5, 5.41) is 2.93. The van der Waals surface area contributed by atoms with Crippen LogP contribution in [0.25, 0.3) is 11.2 Å². The standard InChI is InChI=1S/C21H23N5O4/c1-24-16-5-2-8-22-19(16)26(21(24)28)15-4-3-9-25(13-15)20(27)23-14-6-7-17-18(12-14)30-11-10-29-17/h2,5-8,12,15H,3-4,9-11,13H2,1H3,(H,23,27)/t15-/m0/s1. The van der Waals surface area contributed by atoms with Crippen LogP contribution in [0.2, 0.25) is 0 Å². The topological polar surface area (TPSA) is 90.6 Å². The van der Waals surface area contributed by atoms with E-state index in [1.165, 1.54) is 0 Å². The summed E-state index contributed by atoms with van der Waals surface area (Å²) in [5.74, 6) is 1.31. The predicted molar refractivity (Wildman–Crippen MR) is 111 cm³/mol. The first kappa shape index (κ1) is 18.5. The number of ether oxygens (including phenoxy) is 2. The molecule has 1 fully saturated rings. The largest absolute Gasteiger partial charge is 0.486 e. The summed E-state index contributed by atoms with van der Waals surface area (Å²) in [5.41, 5.74) is 1.99. The van der Waals surface area contributed by atoms with E-state index in [4.69, 9.17) is 9.47 Å². The van der Waals surface area contributed by atoms with Crippen molar-refractivity contribution in [2.24, 2.45) is 7.05 Å². The molecule has 1 aromatic carbocycles. The first-order valence-corrected chi connectivity index (χ1v) is 10.1. The van der Waals surface area contributed by atoms with Crippen molar-refractivity contribution < 1.29 is 14.3 Å². The van der Waals surface area contributed by atoms with Gasteiger partial charge in [-0.2, -0.15) is 0 Å². The van der Waals surface area contributed by atoms with E-state index in [1.54, 1.807) is 45.5 Å². The van der Waals surface area contributed by atoms with Crippen molar-refractivity contribution >= 4 is 22.9 Å². The number of piperidine rings is 1. The molecule has 5 rings (SSSR count). The van der Waals surface area contributed by atoms with E-state index in [0.717, 1.165) is 18.4 Å². The Balaban J connectivity index is 1.35. The fourth-order valence-corrected chi connectivity index (χ4v) is 4.19. The lowest BCUT2D eigenvalue weighted by atomic mass is 10.1. The van der Waals surface area contributed by atoms with E-state index in [-0.39, 0.29) is 17.8 Å². The van der Waals surface area contributed by atoms with Gasteiger partial charge >= 0.3 is 11.7 Å². The maximum absolute atomic E-state index is 12.9. The molecule has 0 radical (unpaired) electrons. The zero-order chi connectivity index (χ0) is 20.7. The Morgan fingerprint density at radius 3 is 2.90 bits per heavy atom. The van der Waals surface area contributed by atoms with Crippen LogP contribution in [0.3, 0.4) is 0 Å². The molecule has 2 aromatic heterocycles. The van der Waals surface area contributed by atoms with Gasteiger partial charge in [-0.1, -0.05) is 0 Å². The Morgan fingerprint density at radius 1 is 1.20 bits per heavy atom. The minimum atomic E-state index is -0.197.